The third kappa shape index (κ3) is 2.65. The molecular weight excluding hydrogens is 204 g/mol. The highest BCUT2D eigenvalue weighted by Crippen LogP contribution is 2.20. The van der Waals surface area contributed by atoms with Crippen molar-refractivity contribution in [2.75, 3.05) is 0 Å². The van der Waals surface area contributed by atoms with Crippen LogP contribution in [-0.4, -0.2) is 0 Å². The standard InChI is InChI=1S/C17H18/c1-13-8-7-11-17(15(13)3)12-14(2)16-9-5-4-6-10-16/h4-12H,1-3H3. The number of aryl methyl sites for hydroxylation is 1. The van der Waals surface area contributed by atoms with Gasteiger partial charge in [0.15, 0.2) is 0 Å². The van der Waals surface area contributed by atoms with Crippen LogP contribution in [-0.2, 0) is 0 Å². The van der Waals surface area contributed by atoms with Gasteiger partial charge in [-0.1, -0.05) is 54.6 Å². The van der Waals surface area contributed by atoms with Crippen molar-refractivity contribution >= 4 is 11.6 Å². The van der Waals surface area contributed by atoms with Gasteiger partial charge >= 0.3 is 0 Å². The van der Waals surface area contributed by atoms with Gasteiger partial charge in [0.25, 0.3) is 0 Å². The van der Waals surface area contributed by atoms with Crippen molar-refractivity contribution in [1.29, 1.82) is 0 Å². The molecule has 0 aliphatic carbocycles. The first kappa shape index (κ1) is 11.7. The molecule has 0 radical (unpaired) electrons. The highest BCUT2D eigenvalue weighted by molar-refractivity contribution is 5.81. The van der Waals surface area contributed by atoms with Gasteiger partial charge in [0.05, 0.1) is 0 Å². The Morgan fingerprint density at radius 2 is 1.59 bits per heavy atom. The molecule has 0 amide bonds. The normalized spacial score (nSPS) is 11.6. The van der Waals surface area contributed by atoms with Gasteiger partial charge in [0.1, 0.15) is 0 Å². The largest absolute Gasteiger partial charge is 0.0622 e. The predicted molar refractivity (Wildman–Crippen MR) is 75.9 cm³/mol. The molecule has 0 nitrogen and oxygen atoms in total. The van der Waals surface area contributed by atoms with Gasteiger partial charge in [0.2, 0.25) is 0 Å². The van der Waals surface area contributed by atoms with Crippen LogP contribution in [0.2, 0.25) is 0 Å². The molecule has 0 heteroatoms. The van der Waals surface area contributed by atoms with Gasteiger partial charge < -0.3 is 0 Å². The average molecular weight is 222 g/mol. The van der Waals surface area contributed by atoms with Crippen LogP contribution in [0.1, 0.15) is 29.2 Å². The Morgan fingerprint density at radius 1 is 0.882 bits per heavy atom. The Balaban J connectivity index is 2.40. The zero-order chi connectivity index (χ0) is 12.3. The van der Waals surface area contributed by atoms with Crippen molar-refractivity contribution in [2.24, 2.45) is 0 Å². The van der Waals surface area contributed by atoms with Gasteiger partial charge in [-0.15, -0.1) is 0 Å². The molecule has 2 aromatic carbocycles. The third-order valence-electron chi connectivity index (χ3n) is 3.25. The fourth-order valence-electron chi connectivity index (χ4n) is 1.95. The van der Waals surface area contributed by atoms with Crippen LogP contribution in [0.3, 0.4) is 0 Å². The highest BCUT2D eigenvalue weighted by Gasteiger charge is 1.99. The van der Waals surface area contributed by atoms with Crippen molar-refractivity contribution in [3.05, 3.63) is 70.8 Å². The van der Waals surface area contributed by atoms with E-state index in [9.17, 15) is 0 Å². The molecule has 0 aliphatic rings. The molecule has 0 heterocycles. The summed E-state index contributed by atoms with van der Waals surface area (Å²) < 4.78 is 0. The third-order valence-corrected chi connectivity index (χ3v) is 3.25. The molecule has 0 saturated carbocycles. The lowest BCUT2D eigenvalue weighted by Crippen LogP contribution is -1.86. The molecule has 0 fully saturated rings. The molecule has 0 N–H and O–H groups in total. The lowest BCUT2D eigenvalue weighted by atomic mass is 9.99. The number of allylic oxidation sites excluding steroid dienone is 1. The number of hydrogen-bond donors (Lipinski definition) is 0. The van der Waals surface area contributed by atoms with E-state index in [1.807, 2.05) is 0 Å². The number of hydrogen-bond acceptors (Lipinski definition) is 0. The molecule has 0 aromatic heterocycles. The fraction of sp³-hybridized carbons (Fsp3) is 0.176. The van der Waals surface area contributed by atoms with E-state index in [-0.39, 0.29) is 0 Å². The van der Waals surface area contributed by atoms with E-state index >= 15 is 0 Å². The van der Waals surface area contributed by atoms with Gasteiger partial charge in [0, 0.05) is 0 Å². The zero-order valence-corrected chi connectivity index (χ0v) is 10.7. The van der Waals surface area contributed by atoms with Crippen molar-refractivity contribution in [1.82, 2.24) is 0 Å². The Labute approximate surface area is 104 Å². The molecule has 17 heavy (non-hydrogen) atoms. The summed E-state index contributed by atoms with van der Waals surface area (Å²) in [4.78, 5) is 0. The van der Waals surface area contributed by atoms with E-state index in [0.29, 0.717) is 0 Å². The summed E-state index contributed by atoms with van der Waals surface area (Å²) in [5.74, 6) is 0. The van der Waals surface area contributed by atoms with E-state index in [4.69, 9.17) is 0 Å². The summed E-state index contributed by atoms with van der Waals surface area (Å²) in [5.41, 5.74) is 6.61. The number of benzene rings is 2. The lowest BCUT2D eigenvalue weighted by molar-refractivity contribution is 1.32. The first-order valence-corrected chi connectivity index (χ1v) is 5.98. The second-order valence-electron chi connectivity index (χ2n) is 4.48. The Hall–Kier alpha value is -1.82. The zero-order valence-electron chi connectivity index (χ0n) is 10.7. The van der Waals surface area contributed by atoms with Gasteiger partial charge in [-0.25, -0.2) is 0 Å². The van der Waals surface area contributed by atoms with Crippen molar-refractivity contribution in [3.63, 3.8) is 0 Å². The molecule has 0 spiro atoms. The van der Waals surface area contributed by atoms with Gasteiger partial charge in [-0.3, -0.25) is 0 Å². The smallest absolute Gasteiger partial charge is 0.0222 e. The predicted octanol–water partition coefficient (Wildman–Crippen LogP) is 4.86. The molecular formula is C17H18. The van der Waals surface area contributed by atoms with Crippen LogP contribution < -0.4 is 0 Å². The van der Waals surface area contributed by atoms with E-state index < -0.39 is 0 Å². The lowest BCUT2D eigenvalue weighted by Gasteiger charge is -2.06. The second kappa shape index (κ2) is 5.01. The van der Waals surface area contributed by atoms with Crippen molar-refractivity contribution < 1.29 is 0 Å². The number of rotatable bonds is 2. The molecule has 86 valence electrons. The topological polar surface area (TPSA) is 0 Å². The minimum Gasteiger partial charge on any atom is -0.0622 e. The average Bonchev–Trinajstić information content (AvgIpc) is 2.36. The summed E-state index contributed by atoms with van der Waals surface area (Å²) in [5, 5.41) is 0. The molecule has 0 aliphatic heterocycles. The Morgan fingerprint density at radius 3 is 2.29 bits per heavy atom. The van der Waals surface area contributed by atoms with Gasteiger partial charge in [-0.05, 0) is 48.6 Å². The maximum atomic E-state index is 2.26. The first-order valence-electron chi connectivity index (χ1n) is 5.98. The second-order valence-corrected chi connectivity index (χ2v) is 4.48. The van der Waals surface area contributed by atoms with Gasteiger partial charge in [-0.2, -0.15) is 0 Å². The van der Waals surface area contributed by atoms with Crippen molar-refractivity contribution in [2.45, 2.75) is 20.8 Å². The van der Waals surface area contributed by atoms with E-state index in [1.165, 1.54) is 27.8 Å². The van der Waals surface area contributed by atoms with Crippen LogP contribution in [0, 0.1) is 13.8 Å². The highest BCUT2D eigenvalue weighted by atomic mass is 14.0. The minimum atomic E-state index is 1.29. The van der Waals surface area contributed by atoms with E-state index in [1.54, 1.807) is 0 Å². The summed E-state index contributed by atoms with van der Waals surface area (Å²) in [6, 6.07) is 17.0. The Bertz CT molecular complexity index is 533. The molecule has 0 bridgehead atoms. The van der Waals surface area contributed by atoms with Crippen LogP contribution in [0.5, 0.6) is 0 Å². The Kier molecular flexibility index (Phi) is 3.43. The molecule has 0 saturated heterocycles. The van der Waals surface area contributed by atoms with Crippen LogP contribution in [0.15, 0.2) is 48.5 Å². The maximum absolute atomic E-state index is 2.26. The minimum absolute atomic E-state index is 1.29. The summed E-state index contributed by atoms with van der Waals surface area (Å²) in [6.07, 6.45) is 2.26. The molecule has 2 rings (SSSR count). The molecule has 0 unspecified atom stereocenters. The first-order chi connectivity index (χ1) is 8.18. The monoisotopic (exact) mass is 222 g/mol. The summed E-state index contributed by atoms with van der Waals surface area (Å²) >= 11 is 0. The maximum Gasteiger partial charge on any atom is -0.0222 e. The summed E-state index contributed by atoms with van der Waals surface area (Å²) in [6.45, 7) is 6.50. The van der Waals surface area contributed by atoms with E-state index in [2.05, 4.69) is 75.4 Å². The molecule has 2 aromatic rings. The fourth-order valence-corrected chi connectivity index (χ4v) is 1.95. The summed E-state index contributed by atoms with van der Waals surface area (Å²) in [7, 11) is 0. The molecule has 0 atom stereocenters. The SMILES string of the molecule is CC(=Cc1cccc(C)c1C)c1ccccc1. The van der Waals surface area contributed by atoms with Crippen LogP contribution >= 0.6 is 0 Å². The van der Waals surface area contributed by atoms with Crippen LogP contribution in [0.4, 0.5) is 0 Å². The van der Waals surface area contributed by atoms with Crippen molar-refractivity contribution in [3.8, 4) is 0 Å². The van der Waals surface area contributed by atoms with E-state index in [0.717, 1.165) is 0 Å². The van der Waals surface area contributed by atoms with Crippen LogP contribution in [0.25, 0.3) is 11.6 Å². The quantitative estimate of drug-likeness (QED) is 0.636.